The van der Waals surface area contributed by atoms with E-state index >= 15 is 0 Å². The third kappa shape index (κ3) is 4.06. The Morgan fingerprint density at radius 3 is 2.46 bits per heavy atom. The number of benzene rings is 1. The molecule has 2 N–H and O–H groups in total. The van der Waals surface area contributed by atoms with E-state index in [9.17, 15) is 18.0 Å². The summed E-state index contributed by atoms with van der Waals surface area (Å²) in [6.07, 6.45) is 2.60. The van der Waals surface area contributed by atoms with Gasteiger partial charge < -0.3 is 10.4 Å². The van der Waals surface area contributed by atoms with Gasteiger partial charge in [-0.2, -0.15) is 4.31 Å². The van der Waals surface area contributed by atoms with E-state index in [4.69, 9.17) is 16.7 Å². The SMILES string of the molecule is C[C@@H](NC(=O)c1cc(S(=O)(=O)N2CCCCC2)ccc1Cl)C(=O)O. The average molecular weight is 375 g/mol. The van der Waals surface area contributed by atoms with Crippen LogP contribution in [0.3, 0.4) is 0 Å². The quantitative estimate of drug-likeness (QED) is 0.816. The highest BCUT2D eigenvalue weighted by Gasteiger charge is 2.27. The fraction of sp³-hybridized carbons (Fsp3) is 0.467. The molecule has 0 unspecified atom stereocenters. The van der Waals surface area contributed by atoms with Gasteiger partial charge >= 0.3 is 5.97 Å². The molecule has 2 rings (SSSR count). The lowest BCUT2D eigenvalue weighted by Gasteiger charge is -2.26. The zero-order valence-electron chi connectivity index (χ0n) is 13.2. The van der Waals surface area contributed by atoms with Crippen molar-refractivity contribution in [2.75, 3.05) is 13.1 Å². The van der Waals surface area contributed by atoms with Crippen molar-refractivity contribution in [3.63, 3.8) is 0 Å². The molecule has 1 amide bonds. The Morgan fingerprint density at radius 1 is 1.25 bits per heavy atom. The standard InChI is InChI=1S/C15H19ClN2O5S/c1-10(15(20)21)17-14(19)12-9-11(5-6-13(12)16)24(22,23)18-7-3-2-4-8-18/h5-6,9-10H,2-4,7-8H2,1H3,(H,17,19)(H,20,21)/t10-/m1/s1. The van der Waals surface area contributed by atoms with Gasteiger partial charge in [-0.3, -0.25) is 9.59 Å². The number of carbonyl (C=O) groups excluding carboxylic acids is 1. The van der Waals surface area contributed by atoms with Gasteiger partial charge in [-0.15, -0.1) is 0 Å². The van der Waals surface area contributed by atoms with Crippen molar-refractivity contribution in [3.05, 3.63) is 28.8 Å². The van der Waals surface area contributed by atoms with Crippen LogP contribution in [0.25, 0.3) is 0 Å². The topological polar surface area (TPSA) is 104 Å². The lowest BCUT2D eigenvalue weighted by Crippen LogP contribution is -2.38. The van der Waals surface area contributed by atoms with E-state index in [1.54, 1.807) is 0 Å². The highest BCUT2D eigenvalue weighted by molar-refractivity contribution is 7.89. The first kappa shape index (κ1) is 18.7. The van der Waals surface area contributed by atoms with E-state index < -0.39 is 27.9 Å². The van der Waals surface area contributed by atoms with Crippen LogP contribution in [0.4, 0.5) is 0 Å². The fourth-order valence-electron chi connectivity index (χ4n) is 2.43. The highest BCUT2D eigenvalue weighted by atomic mass is 35.5. The number of aliphatic carboxylic acids is 1. The molecule has 1 aliphatic heterocycles. The molecule has 9 heteroatoms. The van der Waals surface area contributed by atoms with Gasteiger partial charge in [0.1, 0.15) is 6.04 Å². The molecule has 1 aromatic rings. The molecule has 1 saturated heterocycles. The average Bonchev–Trinajstić information content (AvgIpc) is 2.55. The first-order valence-corrected chi connectivity index (χ1v) is 9.38. The van der Waals surface area contributed by atoms with E-state index in [1.807, 2.05) is 0 Å². The molecule has 0 saturated carbocycles. The summed E-state index contributed by atoms with van der Waals surface area (Å²) in [6, 6.07) is 2.76. The van der Waals surface area contributed by atoms with Crippen LogP contribution in [-0.4, -0.2) is 48.8 Å². The largest absolute Gasteiger partial charge is 0.480 e. The van der Waals surface area contributed by atoms with Crippen molar-refractivity contribution in [3.8, 4) is 0 Å². The number of sulfonamides is 1. The number of nitrogens with zero attached hydrogens (tertiary/aromatic N) is 1. The van der Waals surface area contributed by atoms with Crippen molar-refractivity contribution in [2.24, 2.45) is 0 Å². The van der Waals surface area contributed by atoms with Crippen LogP contribution in [0.2, 0.25) is 5.02 Å². The molecule has 1 heterocycles. The van der Waals surface area contributed by atoms with Gasteiger partial charge in [-0.05, 0) is 38.0 Å². The number of amides is 1. The Balaban J connectivity index is 2.31. The number of hydrogen-bond donors (Lipinski definition) is 2. The maximum atomic E-state index is 12.7. The molecule has 0 aromatic heterocycles. The minimum absolute atomic E-state index is 0.0260. The molecule has 132 valence electrons. The third-order valence-electron chi connectivity index (χ3n) is 3.85. The van der Waals surface area contributed by atoms with Crippen molar-refractivity contribution in [1.82, 2.24) is 9.62 Å². The Kier molecular flexibility index (Phi) is 5.84. The number of nitrogens with one attached hydrogen (secondary N) is 1. The van der Waals surface area contributed by atoms with Crippen molar-refractivity contribution < 1.29 is 23.1 Å². The van der Waals surface area contributed by atoms with Gasteiger partial charge in [0.2, 0.25) is 10.0 Å². The van der Waals surface area contributed by atoms with Crippen molar-refractivity contribution in [2.45, 2.75) is 37.1 Å². The van der Waals surface area contributed by atoms with Crippen LogP contribution in [-0.2, 0) is 14.8 Å². The van der Waals surface area contributed by atoms with Gasteiger partial charge in [0, 0.05) is 13.1 Å². The van der Waals surface area contributed by atoms with Gasteiger partial charge in [0.25, 0.3) is 5.91 Å². The zero-order chi connectivity index (χ0) is 17.9. The van der Waals surface area contributed by atoms with E-state index in [1.165, 1.54) is 29.4 Å². The normalized spacial score (nSPS) is 17.2. The second-order valence-corrected chi connectivity index (χ2v) is 7.98. The summed E-state index contributed by atoms with van der Waals surface area (Å²) in [5.74, 6) is -1.93. The predicted molar refractivity (Wildman–Crippen MR) is 88.6 cm³/mol. The number of carboxylic acids is 1. The fourth-order valence-corrected chi connectivity index (χ4v) is 4.18. The molecule has 0 radical (unpaired) electrons. The number of piperidine rings is 1. The molecular weight excluding hydrogens is 356 g/mol. The number of carboxylic acid groups (broad SMARTS) is 1. The number of carbonyl (C=O) groups is 2. The minimum Gasteiger partial charge on any atom is -0.480 e. The summed E-state index contributed by atoms with van der Waals surface area (Å²) >= 11 is 5.97. The zero-order valence-corrected chi connectivity index (χ0v) is 14.7. The summed E-state index contributed by atoms with van der Waals surface area (Å²) in [5, 5.41) is 11.2. The second-order valence-electron chi connectivity index (χ2n) is 5.64. The Morgan fingerprint density at radius 2 is 1.88 bits per heavy atom. The Bertz CT molecular complexity index is 744. The molecule has 0 spiro atoms. The summed E-state index contributed by atoms with van der Waals surface area (Å²) < 4.78 is 26.7. The second kappa shape index (κ2) is 7.50. The van der Waals surface area contributed by atoms with Gasteiger partial charge in [0.15, 0.2) is 0 Å². The van der Waals surface area contributed by atoms with Crippen LogP contribution < -0.4 is 5.32 Å². The smallest absolute Gasteiger partial charge is 0.325 e. The summed E-state index contributed by atoms with van der Waals surface area (Å²) in [5.41, 5.74) is -0.0668. The van der Waals surface area contributed by atoms with Gasteiger partial charge in [0.05, 0.1) is 15.5 Å². The summed E-state index contributed by atoms with van der Waals surface area (Å²) in [4.78, 5) is 23.0. The molecule has 1 aromatic carbocycles. The van der Waals surface area contributed by atoms with Crippen LogP contribution in [0, 0.1) is 0 Å². The number of halogens is 1. The molecule has 1 fully saturated rings. The maximum absolute atomic E-state index is 12.7. The van der Waals surface area contributed by atoms with Gasteiger partial charge in [-0.25, -0.2) is 8.42 Å². The Labute approximate surface area is 145 Å². The highest BCUT2D eigenvalue weighted by Crippen LogP contribution is 2.25. The van der Waals surface area contributed by atoms with Crippen molar-refractivity contribution in [1.29, 1.82) is 0 Å². The number of rotatable bonds is 5. The van der Waals surface area contributed by atoms with Gasteiger partial charge in [-0.1, -0.05) is 18.0 Å². The summed E-state index contributed by atoms with van der Waals surface area (Å²) in [7, 11) is -3.70. The minimum atomic E-state index is -3.70. The van der Waals surface area contributed by atoms with E-state index in [0.29, 0.717) is 13.1 Å². The molecule has 0 bridgehead atoms. The summed E-state index contributed by atoms with van der Waals surface area (Å²) in [6.45, 7) is 2.20. The Hall–Kier alpha value is -1.64. The van der Waals surface area contributed by atoms with E-state index in [2.05, 4.69) is 5.32 Å². The monoisotopic (exact) mass is 374 g/mol. The predicted octanol–water partition coefficient (Wildman–Crippen LogP) is 1.72. The maximum Gasteiger partial charge on any atom is 0.325 e. The van der Waals surface area contributed by atoms with E-state index in [0.717, 1.165) is 19.3 Å². The first-order valence-electron chi connectivity index (χ1n) is 7.57. The first-order chi connectivity index (χ1) is 11.2. The molecule has 1 atom stereocenters. The molecule has 24 heavy (non-hydrogen) atoms. The molecule has 7 nitrogen and oxygen atoms in total. The third-order valence-corrected chi connectivity index (χ3v) is 6.08. The lowest BCUT2D eigenvalue weighted by molar-refractivity contribution is -0.138. The molecule has 1 aliphatic rings. The van der Waals surface area contributed by atoms with E-state index in [-0.39, 0.29) is 15.5 Å². The van der Waals surface area contributed by atoms with Crippen molar-refractivity contribution >= 4 is 33.5 Å². The molecule has 0 aliphatic carbocycles. The van der Waals surface area contributed by atoms with Crippen LogP contribution in [0.15, 0.2) is 23.1 Å². The van der Waals surface area contributed by atoms with Crippen LogP contribution >= 0.6 is 11.6 Å². The van der Waals surface area contributed by atoms with Crippen LogP contribution in [0.1, 0.15) is 36.5 Å². The van der Waals surface area contributed by atoms with Crippen LogP contribution in [0.5, 0.6) is 0 Å². The molecular formula is C15H19ClN2O5S. The lowest BCUT2D eigenvalue weighted by atomic mass is 10.2. The number of hydrogen-bond acceptors (Lipinski definition) is 4.